The highest BCUT2D eigenvalue weighted by atomic mass is 79.9. The minimum atomic E-state index is -3.96. The first-order valence-electron chi connectivity index (χ1n) is 3.78. The molecule has 0 unspecified atom stereocenters. The van der Waals surface area contributed by atoms with Gasteiger partial charge in [0.1, 0.15) is 11.0 Å². The van der Waals surface area contributed by atoms with Crippen LogP contribution in [0, 0.1) is 11.3 Å². The number of halogens is 2. The molecule has 0 aliphatic rings. The van der Waals surface area contributed by atoms with Gasteiger partial charge in [-0.25, -0.2) is 8.42 Å². The van der Waals surface area contributed by atoms with Crippen molar-refractivity contribution in [2.75, 3.05) is 0 Å². The van der Waals surface area contributed by atoms with E-state index in [2.05, 4.69) is 15.9 Å². The Morgan fingerprint density at radius 1 is 1.53 bits per heavy atom. The lowest BCUT2D eigenvalue weighted by Gasteiger charge is -2.07. The lowest BCUT2D eigenvalue weighted by molar-refractivity contribution is 0.608. The van der Waals surface area contributed by atoms with E-state index >= 15 is 0 Å². The highest BCUT2D eigenvalue weighted by molar-refractivity contribution is 9.10. The van der Waals surface area contributed by atoms with Crippen molar-refractivity contribution < 1.29 is 8.42 Å². The van der Waals surface area contributed by atoms with Gasteiger partial charge in [-0.3, -0.25) is 0 Å². The summed E-state index contributed by atoms with van der Waals surface area (Å²) in [6.45, 7) is 0.158. The van der Waals surface area contributed by atoms with Gasteiger partial charge in [-0.05, 0) is 27.6 Å². The summed E-state index contributed by atoms with van der Waals surface area (Å²) in [4.78, 5) is -0.227. The Kier molecular flexibility index (Phi) is 3.73. The molecule has 0 radical (unpaired) electrons. The molecule has 1 rings (SSSR count). The van der Waals surface area contributed by atoms with Gasteiger partial charge >= 0.3 is 0 Å². The molecule has 1 aromatic carbocycles. The van der Waals surface area contributed by atoms with Crippen LogP contribution in [-0.2, 0) is 15.6 Å². The van der Waals surface area contributed by atoms with Crippen molar-refractivity contribution in [3.05, 3.63) is 27.7 Å². The van der Waals surface area contributed by atoms with E-state index in [1.165, 1.54) is 6.07 Å². The summed E-state index contributed by atoms with van der Waals surface area (Å²) in [5.41, 5.74) is 5.98. The molecule has 0 aromatic heterocycles. The van der Waals surface area contributed by atoms with Gasteiger partial charge in [0.05, 0.1) is 5.56 Å². The average molecular weight is 310 g/mol. The van der Waals surface area contributed by atoms with Gasteiger partial charge in [0, 0.05) is 21.7 Å². The van der Waals surface area contributed by atoms with Crippen molar-refractivity contribution in [1.29, 1.82) is 5.26 Å². The van der Waals surface area contributed by atoms with Crippen LogP contribution in [0.1, 0.15) is 11.1 Å². The first-order valence-corrected chi connectivity index (χ1v) is 6.88. The number of hydrogen-bond donors (Lipinski definition) is 1. The van der Waals surface area contributed by atoms with Crippen molar-refractivity contribution in [3.63, 3.8) is 0 Å². The highest BCUT2D eigenvalue weighted by Gasteiger charge is 2.21. The smallest absolute Gasteiger partial charge is 0.263 e. The number of nitrogens with two attached hydrogens (primary N) is 1. The fourth-order valence-electron chi connectivity index (χ4n) is 1.08. The third-order valence-electron chi connectivity index (χ3n) is 1.76. The van der Waals surface area contributed by atoms with Crippen LogP contribution in [0.3, 0.4) is 0 Å². The van der Waals surface area contributed by atoms with Gasteiger partial charge in [0.15, 0.2) is 0 Å². The van der Waals surface area contributed by atoms with Gasteiger partial charge in [-0.1, -0.05) is 6.07 Å². The Labute approximate surface area is 100 Å². The molecule has 4 nitrogen and oxygen atoms in total. The molecule has 80 valence electrons. The Bertz CT molecular complexity index is 536. The first-order chi connectivity index (χ1) is 6.91. The minimum Gasteiger partial charge on any atom is -0.326 e. The van der Waals surface area contributed by atoms with Gasteiger partial charge in [-0.15, -0.1) is 0 Å². The number of nitrogens with zero attached hydrogens (tertiary/aromatic N) is 1. The molecule has 2 N–H and O–H groups in total. The van der Waals surface area contributed by atoms with Crippen LogP contribution in [0.15, 0.2) is 21.5 Å². The van der Waals surface area contributed by atoms with E-state index in [0.29, 0.717) is 5.56 Å². The Morgan fingerprint density at radius 2 is 2.13 bits per heavy atom. The monoisotopic (exact) mass is 308 g/mol. The zero-order valence-corrected chi connectivity index (χ0v) is 10.5. The summed E-state index contributed by atoms with van der Waals surface area (Å²) in [6, 6.07) is 4.71. The van der Waals surface area contributed by atoms with Crippen LogP contribution in [0.25, 0.3) is 0 Å². The summed E-state index contributed by atoms with van der Waals surface area (Å²) in [5, 5.41) is 8.74. The van der Waals surface area contributed by atoms with E-state index < -0.39 is 9.05 Å². The van der Waals surface area contributed by atoms with E-state index in [1.54, 1.807) is 12.1 Å². The molecule has 1 aromatic rings. The van der Waals surface area contributed by atoms with Crippen molar-refractivity contribution in [2.45, 2.75) is 11.4 Å². The summed E-state index contributed by atoms with van der Waals surface area (Å²) in [6.07, 6.45) is 0. The average Bonchev–Trinajstić information content (AvgIpc) is 2.15. The molecule has 0 saturated heterocycles. The zero-order valence-electron chi connectivity index (χ0n) is 7.37. The summed E-state index contributed by atoms with van der Waals surface area (Å²) >= 11 is 3.07. The quantitative estimate of drug-likeness (QED) is 0.843. The molecular formula is C8H6BrClN2O2S. The molecule has 15 heavy (non-hydrogen) atoms. The summed E-state index contributed by atoms with van der Waals surface area (Å²) in [5.74, 6) is 0. The maximum Gasteiger partial charge on any atom is 0.263 e. The SMILES string of the molecule is N#Cc1ccc(CN)c(Br)c1S(=O)(=O)Cl. The second kappa shape index (κ2) is 4.49. The molecule has 7 heteroatoms. The van der Waals surface area contributed by atoms with Crippen molar-refractivity contribution in [1.82, 2.24) is 0 Å². The fourth-order valence-corrected chi connectivity index (χ4v) is 3.71. The number of hydrogen-bond acceptors (Lipinski definition) is 4. The standard InChI is InChI=1S/C8H6BrClN2O2S/c9-7-5(3-11)1-2-6(4-12)8(7)15(10,13)14/h1-2H,3,11H2. The van der Waals surface area contributed by atoms with Crippen LogP contribution in [-0.4, -0.2) is 8.42 Å². The van der Waals surface area contributed by atoms with Crippen molar-refractivity contribution in [3.8, 4) is 6.07 Å². The van der Waals surface area contributed by atoms with Crippen LogP contribution in [0.5, 0.6) is 0 Å². The molecule has 0 amide bonds. The number of benzene rings is 1. The molecule has 0 saturated carbocycles. The van der Waals surface area contributed by atoms with E-state index in [4.69, 9.17) is 21.7 Å². The normalized spacial score (nSPS) is 11.1. The van der Waals surface area contributed by atoms with Crippen LogP contribution >= 0.6 is 26.6 Å². The second-order valence-electron chi connectivity index (χ2n) is 2.67. The lowest BCUT2D eigenvalue weighted by atomic mass is 10.1. The van der Waals surface area contributed by atoms with Gasteiger partial charge < -0.3 is 5.73 Å². The highest BCUT2D eigenvalue weighted by Crippen LogP contribution is 2.31. The van der Waals surface area contributed by atoms with E-state index in [-0.39, 0.29) is 21.5 Å². The van der Waals surface area contributed by atoms with Gasteiger partial charge in [-0.2, -0.15) is 5.26 Å². The summed E-state index contributed by atoms with van der Waals surface area (Å²) < 4.78 is 22.7. The Hall–Kier alpha value is -0.610. The lowest BCUT2D eigenvalue weighted by Crippen LogP contribution is -2.03. The molecule has 0 atom stereocenters. The molecule has 0 spiro atoms. The summed E-state index contributed by atoms with van der Waals surface area (Å²) in [7, 11) is 1.27. The Morgan fingerprint density at radius 3 is 2.53 bits per heavy atom. The zero-order chi connectivity index (χ0) is 11.6. The van der Waals surface area contributed by atoms with Gasteiger partial charge in [0.25, 0.3) is 9.05 Å². The van der Waals surface area contributed by atoms with E-state index in [9.17, 15) is 8.42 Å². The maximum absolute atomic E-state index is 11.2. The Balaban J connectivity index is 3.67. The predicted octanol–water partition coefficient (Wildman–Crippen LogP) is 1.71. The molecular weight excluding hydrogens is 304 g/mol. The molecule has 0 heterocycles. The molecule has 0 fully saturated rings. The topological polar surface area (TPSA) is 83.9 Å². The molecule has 0 aliphatic heterocycles. The van der Waals surface area contributed by atoms with Crippen molar-refractivity contribution >= 4 is 35.7 Å². The second-order valence-corrected chi connectivity index (χ2v) is 5.96. The maximum atomic E-state index is 11.2. The first kappa shape index (κ1) is 12.5. The molecule has 0 bridgehead atoms. The van der Waals surface area contributed by atoms with Crippen LogP contribution in [0.2, 0.25) is 0 Å². The third-order valence-corrected chi connectivity index (χ3v) is 4.30. The fraction of sp³-hybridized carbons (Fsp3) is 0.125. The van der Waals surface area contributed by atoms with Crippen LogP contribution in [0.4, 0.5) is 0 Å². The number of nitriles is 1. The van der Waals surface area contributed by atoms with Crippen molar-refractivity contribution in [2.24, 2.45) is 5.73 Å². The predicted molar refractivity (Wildman–Crippen MR) is 59.8 cm³/mol. The van der Waals surface area contributed by atoms with E-state index in [1.807, 2.05) is 0 Å². The number of rotatable bonds is 2. The van der Waals surface area contributed by atoms with Crippen LogP contribution < -0.4 is 5.73 Å². The molecule has 0 aliphatic carbocycles. The third kappa shape index (κ3) is 2.49. The largest absolute Gasteiger partial charge is 0.326 e. The minimum absolute atomic E-state index is 0.00549. The van der Waals surface area contributed by atoms with E-state index in [0.717, 1.165) is 0 Å². The van der Waals surface area contributed by atoms with Gasteiger partial charge in [0.2, 0.25) is 0 Å².